The van der Waals surface area contributed by atoms with Gasteiger partial charge < -0.3 is 4.55 Å². The summed E-state index contributed by atoms with van der Waals surface area (Å²) in [5, 5.41) is 0. The van der Waals surface area contributed by atoms with E-state index in [1.807, 2.05) is 0 Å². The van der Waals surface area contributed by atoms with Crippen molar-refractivity contribution in [2.75, 3.05) is 7.11 Å². The molecule has 0 spiro atoms. The van der Waals surface area contributed by atoms with Crippen LogP contribution >= 0.6 is 0 Å². The lowest BCUT2D eigenvalue weighted by atomic mass is 11.8. The Bertz CT molecular complexity index is 121. The van der Waals surface area contributed by atoms with Crippen LogP contribution in [0, 0.1) is 0 Å². The van der Waals surface area contributed by atoms with Crippen molar-refractivity contribution in [1.82, 2.24) is 0 Å². The van der Waals surface area contributed by atoms with Gasteiger partial charge in [-0.2, -0.15) is 0 Å². The first-order valence-corrected chi connectivity index (χ1v) is 2.57. The van der Waals surface area contributed by atoms with Crippen molar-refractivity contribution in [3.05, 3.63) is 0 Å². The minimum absolute atomic E-state index is 0.926. The molecule has 0 unspecified atom stereocenters. The Morgan fingerprint density at radius 2 is 2.00 bits per heavy atom. The van der Waals surface area contributed by atoms with Crippen molar-refractivity contribution in [3.8, 4) is 0 Å². The van der Waals surface area contributed by atoms with E-state index in [9.17, 15) is 13.0 Å². The van der Waals surface area contributed by atoms with Crippen molar-refractivity contribution in [2.24, 2.45) is 0 Å². The van der Waals surface area contributed by atoms with Gasteiger partial charge >= 0.3 is 0 Å². The second-order valence-electron chi connectivity index (χ2n) is 0.643. The predicted octanol–water partition coefficient (Wildman–Crippen LogP) is -0.975. The zero-order chi connectivity index (χ0) is 5.91. The molecule has 5 nitrogen and oxygen atoms in total. The van der Waals surface area contributed by atoms with E-state index in [0.29, 0.717) is 0 Å². The van der Waals surface area contributed by atoms with Crippen LogP contribution in [0.15, 0.2) is 0 Å². The standard InChI is InChI=1S/CH4O5S/c1-5-6-7(2,3)4/h1H3,(H,2,3,4)/p-1. The summed E-state index contributed by atoms with van der Waals surface area (Å²) in [4.78, 5) is 3.51. The van der Waals surface area contributed by atoms with Gasteiger partial charge in [-0.15, -0.1) is 4.33 Å². The highest BCUT2D eigenvalue weighted by atomic mass is 32.3. The third kappa shape index (κ3) is 5.83. The Balaban J connectivity index is 3.60. The van der Waals surface area contributed by atoms with E-state index in [2.05, 4.69) is 9.22 Å². The molecule has 0 aliphatic carbocycles. The zero-order valence-corrected chi connectivity index (χ0v) is 4.27. The molecule has 0 bridgehead atoms. The summed E-state index contributed by atoms with van der Waals surface area (Å²) in [7, 11) is -3.72. The largest absolute Gasteiger partial charge is 0.724 e. The Labute approximate surface area is 40.7 Å². The zero-order valence-electron chi connectivity index (χ0n) is 3.45. The molecule has 0 heterocycles. The van der Waals surface area contributed by atoms with E-state index >= 15 is 0 Å². The first-order valence-electron chi connectivity index (χ1n) is 1.24. The van der Waals surface area contributed by atoms with Gasteiger partial charge in [-0.3, -0.25) is 0 Å². The SMILES string of the molecule is COOS(=O)(=O)[O-]. The van der Waals surface area contributed by atoms with Gasteiger partial charge in [0.15, 0.2) is 0 Å². The van der Waals surface area contributed by atoms with Crippen molar-refractivity contribution < 1.29 is 22.2 Å². The molecular weight excluding hydrogens is 124 g/mol. The summed E-state index contributed by atoms with van der Waals surface area (Å²) in [6.07, 6.45) is 0. The van der Waals surface area contributed by atoms with Gasteiger partial charge in [-0.05, 0) is 0 Å². The quantitative estimate of drug-likeness (QED) is 0.206. The van der Waals surface area contributed by atoms with E-state index in [-0.39, 0.29) is 0 Å². The van der Waals surface area contributed by atoms with Crippen LogP contribution in [0.4, 0.5) is 0 Å². The van der Waals surface area contributed by atoms with Gasteiger partial charge in [0.25, 0.3) is 0 Å². The number of hydrogen-bond acceptors (Lipinski definition) is 5. The molecular formula is CH3O5S-. The second kappa shape index (κ2) is 2.22. The Kier molecular flexibility index (Phi) is 2.16. The van der Waals surface area contributed by atoms with Gasteiger partial charge in [0.2, 0.25) is 10.4 Å². The molecule has 0 amide bonds. The van der Waals surface area contributed by atoms with Crippen LogP contribution in [0.25, 0.3) is 0 Å². The lowest BCUT2D eigenvalue weighted by Gasteiger charge is -2.00. The summed E-state index contributed by atoms with van der Waals surface area (Å²) < 4.78 is 31.1. The highest BCUT2D eigenvalue weighted by Gasteiger charge is 1.87. The molecule has 0 aromatic heterocycles. The number of rotatable bonds is 2. The molecule has 0 rings (SSSR count). The van der Waals surface area contributed by atoms with Gasteiger partial charge in [0.1, 0.15) is 0 Å². The molecule has 44 valence electrons. The van der Waals surface area contributed by atoms with Crippen LogP contribution < -0.4 is 0 Å². The van der Waals surface area contributed by atoms with E-state index in [4.69, 9.17) is 0 Å². The molecule has 7 heavy (non-hydrogen) atoms. The van der Waals surface area contributed by atoms with Crippen LogP contribution in [0.2, 0.25) is 0 Å². The molecule has 0 aromatic rings. The topological polar surface area (TPSA) is 75.7 Å². The highest BCUT2D eigenvalue weighted by molar-refractivity contribution is 7.80. The predicted molar refractivity (Wildman–Crippen MR) is 17.8 cm³/mol. The molecule has 0 aliphatic rings. The molecule has 0 saturated carbocycles. The highest BCUT2D eigenvalue weighted by Crippen LogP contribution is 1.81. The number of hydrogen-bond donors (Lipinski definition) is 0. The fourth-order valence-corrected chi connectivity index (χ4v) is 0.250. The monoisotopic (exact) mass is 127 g/mol. The summed E-state index contributed by atoms with van der Waals surface area (Å²) in [5.74, 6) is 0. The average molecular weight is 127 g/mol. The average Bonchev–Trinajstić information content (AvgIpc) is 1.30. The summed E-state index contributed by atoms with van der Waals surface area (Å²) in [6.45, 7) is 0. The minimum atomic E-state index is -4.65. The van der Waals surface area contributed by atoms with Crippen molar-refractivity contribution in [1.29, 1.82) is 0 Å². The first-order chi connectivity index (χ1) is 3.06. The first kappa shape index (κ1) is 6.83. The normalized spacial score (nSPS) is 11.7. The fourth-order valence-electron chi connectivity index (χ4n) is 0.0833. The van der Waals surface area contributed by atoms with E-state index < -0.39 is 10.4 Å². The van der Waals surface area contributed by atoms with Crippen LogP contribution in [-0.2, 0) is 19.6 Å². The third-order valence-electron chi connectivity index (χ3n) is 0.151. The summed E-state index contributed by atoms with van der Waals surface area (Å²) >= 11 is 0. The van der Waals surface area contributed by atoms with Crippen LogP contribution in [0.3, 0.4) is 0 Å². The van der Waals surface area contributed by atoms with Gasteiger partial charge in [-0.1, -0.05) is 0 Å². The van der Waals surface area contributed by atoms with Gasteiger partial charge in [-0.25, -0.2) is 13.3 Å². The lowest BCUT2D eigenvalue weighted by Crippen LogP contribution is -2.01. The molecule has 0 fully saturated rings. The maximum absolute atomic E-state index is 9.33. The van der Waals surface area contributed by atoms with Gasteiger partial charge in [0.05, 0.1) is 7.11 Å². The third-order valence-corrected chi connectivity index (χ3v) is 0.454. The molecule has 0 aromatic carbocycles. The van der Waals surface area contributed by atoms with E-state index in [1.54, 1.807) is 0 Å². The fraction of sp³-hybridized carbons (Fsp3) is 1.00. The molecule has 0 aliphatic heterocycles. The maximum Gasteiger partial charge on any atom is 0.245 e. The summed E-state index contributed by atoms with van der Waals surface area (Å²) in [6, 6.07) is 0. The van der Waals surface area contributed by atoms with Crippen LogP contribution in [0.5, 0.6) is 0 Å². The Hall–Kier alpha value is -0.170. The van der Waals surface area contributed by atoms with Crippen molar-refractivity contribution >= 4 is 10.4 Å². The van der Waals surface area contributed by atoms with Gasteiger partial charge in [0, 0.05) is 0 Å². The smallest absolute Gasteiger partial charge is 0.245 e. The second-order valence-corrected chi connectivity index (χ2v) is 1.60. The Morgan fingerprint density at radius 3 is 2.00 bits per heavy atom. The summed E-state index contributed by atoms with van der Waals surface area (Å²) in [5.41, 5.74) is 0. The van der Waals surface area contributed by atoms with Crippen molar-refractivity contribution in [3.63, 3.8) is 0 Å². The molecule has 0 N–H and O–H groups in total. The lowest BCUT2D eigenvalue weighted by molar-refractivity contribution is -0.180. The van der Waals surface area contributed by atoms with Crippen molar-refractivity contribution in [2.45, 2.75) is 0 Å². The van der Waals surface area contributed by atoms with Crippen LogP contribution in [-0.4, -0.2) is 20.1 Å². The molecule has 0 atom stereocenters. The molecule has 0 radical (unpaired) electrons. The Morgan fingerprint density at radius 1 is 1.57 bits per heavy atom. The maximum atomic E-state index is 9.33. The van der Waals surface area contributed by atoms with E-state index in [0.717, 1.165) is 7.11 Å². The van der Waals surface area contributed by atoms with E-state index in [1.165, 1.54) is 0 Å². The molecule has 0 saturated heterocycles. The molecule has 6 heteroatoms. The van der Waals surface area contributed by atoms with Crippen LogP contribution in [0.1, 0.15) is 0 Å². The minimum Gasteiger partial charge on any atom is -0.724 e.